The molecule has 116 valence electrons. The Kier molecular flexibility index (Phi) is 5.77. The molecule has 1 atom stereocenters. The van der Waals surface area contributed by atoms with Crippen LogP contribution in [0.4, 0.5) is 0 Å². The number of aromatic nitrogens is 1. The molecule has 0 radical (unpaired) electrons. The molecule has 2 aromatic rings. The van der Waals surface area contributed by atoms with Crippen LogP contribution in [0.15, 0.2) is 48.7 Å². The van der Waals surface area contributed by atoms with Crippen molar-refractivity contribution < 1.29 is 14.3 Å². The minimum atomic E-state index is -0.546. The Balaban J connectivity index is 1.93. The van der Waals surface area contributed by atoms with E-state index < -0.39 is 6.10 Å². The van der Waals surface area contributed by atoms with Crippen molar-refractivity contribution in [1.29, 1.82) is 0 Å². The van der Waals surface area contributed by atoms with Crippen molar-refractivity contribution >= 4 is 5.91 Å². The SMILES string of the molecule is CC[C@H](Oc1cccc(OC)c1)C(=O)NCc1ccccn1. The van der Waals surface area contributed by atoms with E-state index in [-0.39, 0.29) is 5.91 Å². The highest BCUT2D eigenvalue weighted by molar-refractivity contribution is 5.81. The fourth-order valence-electron chi connectivity index (χ4n) is 1.96. The maximum absolute atomic E-state index is 12.2. The molecular formula is C17H20N2O3. The number of hydrogen-bond acceptors (Lipinski definition) is 4. The highest BCUT2D eigenvalue weighted by Crippen LogP contribution is 2.20. The smallest absolute Gasteiger partial charge is 0.261 e. The Bertz CT molecular complexity index is 602. The molecular weight excluding hydrogens is 280 g/mol. The van der Waals surface area contributed by atoms with Gasteiger partial charge in [0.1, 0.15) is 11.5 Å². The van der Waals surface area contributed by atoms with Gasteiger partial charge >= 0.3 is 0 Å². The average Bonchev–Trinajstić information content (AvgIpc) is 2.58. The maximum Gasteiger partial charge on any atom is 0.261 e. The standard InChI is InChI=1S/C17H20N2O3/c1-3-16(22-15-9-6-8-14(11-15)21-2)17(20)19-12-13-7-4-5-10-18-13/h4-11,16H,3,12H2,1-2H3,(H,19,20)/t16-/m0/s1. The second-order valence-electron chi connectivity index (χ2n) is 4.73. The van der Waals surface area contributed by atoms with Gasteiger partial charge in [0.25, 0.3) is 5.91 Å². The number of methoxy groups -OCH3 is 1. The van der Waals surface area contributed by atoms with E-state index in [4.69, 9.17) is 9.47 Å². The number of amides is 1. The van der Waals surface area contributed by atoms with Gasteiger partial charge in [-0.25, -0.2) is 0 Å². The predicted octanol–water partition coefficient (Wildman–Crippen LogP) is 2.56. The highest BCUT2D eigenvalue weighted by atomic mass is 16.5. The molecule has 5 nitrogen and oxygen atoms in total. The fraction of sp³-hybridized carbons (Fsp3) is 0.294. The summed E-state index contributed by atoms with van der Waals surface area (Å²) in [4.78, 5) is 16.4. The number of benzene rings is 1. The van der Waals surface area contributed by atoms with Gasteiger partial charge in [0.2, 0.25) is 0 Å². The van der Waals surface area contributed by atoms with Crippen molar-refractivity contribution in [3.05, 3.63) is 54.4 Å². The van der Waals surface area contributed by atoms with Crippen LogP contribution in [0.3, 0.4) is 0 Å². The summed E-state index contributed by atoms with van der Waals surface area (Å²) < 4.78 is 10.9. The lowest BCUT2D eigenvalue weighted by molar-refractivity contribution is -0.128. The largest absolute Gasteiger partial charge is 0.497 e. The molecule has 1 N–H and O–H groups in total. The predicted molar refractivity (Wildman–Crippen MR) is 83.8 cm³/mol. The monoisotopic (exact) mass is 300 g/mol. The molecule has 1 aromatic heterocycles. The number of rotatable bonds is 7. The molecule has 0 spiro atoms. The van der Waals surface area contributed by atoms with Crippen LogP contribution in [0.2, 0.25) is 0 Å². The van der Waals surface area contributed by atoms with Crippen molar-refractivity contribution in [2.24, 2.45) is 0 Å². The van der Waals surface area contributed by atoms with Crippen LogP contribution in [0.1, 0.15) is 19.0 Å². The Morgan fingerprint density at radius 3 is 2.73 bits per heavy atom. The first-order chi connectivity index (χ1) is 10.7. The number of nitrogens with one attached hydrogen (secondary N) is 1. The van der Waals surface area contributed by atoms with Gasteiger partial charge in [-0.1, -0.05) is 19.1 Å². The molecule has 0 fully saturated rings. The lowest BCUT2D eigenvalue weighted by atomic mass is 10.2. The number of ether oxygens (including phenoxy) is 2. The minimum Gasteiger partial charge on any atom is -0.497 e. The van der Waals surface area contributed by atoms with Crippen LogP contribution in [-0.4, -0.2) is 24.1 Å². The third-order valence-electron chi connectivity index (χ3n) is 3.15. The number of carbonyl (C=O) groups is 1. The van der Waals surface area contributed by atoms with E-state index in [2.05, 4.69) is 10.3 Å². The average molecular weight is 300 g/mol. The third-order valence-corrected chi connectivity index (χ3v) is 3.15. The van der Waals surface area contributed by atoms with Gasteiger partial charge in [-0.2, -0.15) is 0 Å². The Hall–Kier alpha value is -2.56. The van der Waals surface area contributed by atoms with Crippen molar-refractivity contribution in [1.82, 2.24) is 10.3 Å². The molecule has 1 aromatic carbocycles. The first-order valence-electron chi connectivity index (χ1n) is 7.21. The van der Waals surface area contributed by atoms with Gasteiger partial charge in [0.15, 0.2) is 6.10 Å². The van der Waals surface area contributed by atoms with Gasteiger partial charge in [-0.3, -0.25) is 9.78 Å². The molecule has 0 unspecified atom stereocenters. The molecule has 0 bridgehead atoms. The second-order valence-corrected chi connectivity index (χ2v) is 4.73. The number of hydrogen-bond donors (Lipinski definition) is 1. The fourth-order valence-corrected chi connectivity index (χ4v) is 1.96. The van der Waals surface area contributed by atoms with Crippen LogP contribution in [0.5, 0.6) is 11.5 Å². The molecule has 0 aliphatic rings. The number of carbonyl (C=O) groups excluding carboxylic acids is 1. The van der Waals surface area contributed by atoms with Crippen LogP contribution in [0.25, 0.3) is 0 Å². The number of pyridine rings is 1. The quantitative estimate of drug-likeness (QED) is 0.853. The van der Waals surface area contributed by atoms with Crippen LogP contribution in [0, 0.1) is 0 Å². The van der Waals surface area contributed by atoms with E-state index in [1.54, 1.807) is 25.4 Å². The molecule has 5 heteroatoms. The molecule has 0 saturated carbocycles. The summed E-state index contributed by atoms with van der Waals surface area (Å²) >= 11 is 0. The summed E-state index contributed by atoms with van der Waals surface area (Å²) in [6, 6.07) is 12.8. The molecule has 22 heavy (non-hydrogen) atoms. The molecule has 0 saturated heterocycles. The van der Waals surface area contributed by atoms with Gasteiger partial charge in [0.05, 0.1) is 19.3 Å². The molecule has 1 amide bonds. The van der Waals surface area contributed by atoms with E-state index in [1.165, 1.54) is 0 Å². The summed E-state index contributed by atoms with van der Waals surface area (Å²) in [6.07, 6.45) is 1.73. The summed E-state index contributed by atoms with van der Waals surface area (Å²) in [7, 11) is 1.59. The Morgan fingerprint density at radius 2 is 2.05 bits per heavy atom. The molecule has 2 rings (SSSR count). The van der Waals surface area contributed by atoms with Crippen molar-refractivity contribution in [3.8, 4) is 11.5 Å². The van der Waals surface area contributed by atoms with E-state index in [0.29, 0.717) is 24.5 Å². The Labute approximate surface area is 130 Å². The first kappa shape index (κ1) is 15.8. The second kappa shape index (κ2) is 8.02. The lowest BCUT2D eigenvalue weighted by Gasteiger charge is -2.17. The van der Waals surface area contributed by atoms with E-state index in [1.807, 2.05) is 37.3 Å². The van der Waals surface area contributed by atoms with Gasteiger partial charge < -0.3 is 14.8 Å². The van der Waals surface area contributed by atoms with Crippen LogP contribution >= 0.6 is 0 Å². The molecule has 0 aliphatic carbocycles. The van der Waals surface area contributed by atoms with Crippen LogP contribution in [-0.2, 0) is 11.3 Å². The zero-order chi connectivity index (χ0) is 15.8. The van der Waals surface area contributed by atoms with Crippen molar-refractivity contribution in [3.63, 3.8) is 0 Å². The zero-order valence-corrected chi connectivity index (χ0v) is 12.8. The number of nitrogens with zero attached hydrogens (tertiary/aromatic N) is 1. The first-order valence-corrected chi connectivity index (χ1v) is 7.21. The normalized spacial score (nSPS) is 11.5. The summed E-state index contributed by atoms with van der Waals surface area (Å²) in [6.45, 7) is 2.29. The van der Waals surface area contributed by atoms with Crippen LogP contribution < -0.4 is 14.8 Å². The molecule has 0 aliphatic heterocycles. The molecule has 1 heterocycles. The summed E-state index contributed by atoms with van der Waals surface area (Å²) in [5.74, 6) is 1.15. The minimum absolute atomic E-state index is 0.157. The van der Waals surface area contributed by atoms with Crippen molar-refractivity contribution in [2.75, 3.05) is 7.11 Å². The van der Waals surface area contributed by atoms with Crippen molar-refractivity contribution in [2.45, 2.75) is 26.0 Å². The van der Waals surface area contributed by atoms with Gasteiger partial charge in [-0.15, -0.1) is 0 Å². The van der Waals surface area contributed by atoms with Gasteiger partial charge in [-0.05, 0) is 30.7 Å². The maximum atomic E-state index is 12.2. The topological polar surface area (TPSA) is 60.5 Å². The van der Waals surface area contributed by atoms with E-state index >= 15 is 0 Å². The third kappa shape index (κ3) is 4.48. The van der Waals surface area contributed by atoms with E-state index in [9.17, 15) is 4.79 Å². The van der Waals surface area contributed by atoms with Gasteiger partial charge in [0, 0.05) is 12.3 Å². The Morgan fingerprint density at radius 1 is 1.23 bits per heavy atom. The highest BCUT2D eigenvalue weighted by Gasteiger charge is 2.18. The zero-order valence-electron chi connectivity index (χ0n) is 12.8. The van der Waals surface area contributed by atoms with E-state index in [0.717, 1.165) is 5.69 Å². The summed E-state index contributed by atoms with van der Waals surface area (Å²) in [5.41, 5.74) is 0.812. The summed E-state index contributed by atoms with van der Waals surface area (Å²) in [5, 5.41) is 2.84. The lowest BCUT2D eigenvalue weighted by Crippen LogP contribution is -2.37.